The van der Waals surface area contributed by atoms with E-state index in [-0.39, 0.29) is 5.56 Å². The molecule has 0 spiro atoms. The summed E-state index contributed by atoms with van der Waals surface area (Å²) in [6.45, 7) is 0. The maximum atomic E-state index is 10.7. The van der Waals surface area contributed by atoms with Crippen molar-refractivity contribution in [3.63, 3.8) is 0 Å². The highest BCUT2D eigenvalue weighted by Gasteiger charge is 2.08. The zero-order chi connectivity index (χ0) is 11.5. The van der Waals surface area contributed by atoms with Crippen LogP contribution in [0.3, 0.4) is 0 Å². The molecule has 1 heterocycles. The summed E-state index contributed by atoms with van der Waals surface area (Å²) < 4.78 is 0. The molecule has 0 radical (unpaired) electrons. The van der Waals surface area contributed by atoms with Crippen molar-refractivity contribution in [3.8, 4) is 0 Å². The number of nitrogen functional groups attached to an aromatic ring is 1. The van der Waals surface area contributed by atoms with Crippen LogP contribution in [-0.4, -0.2) is 21.0 Å². The number of hydrogen-bond acceptors (Lipinski definition) is 4. The second-order valence-electron chi connectivity index (χ2n) is 3.05. The second kappa shape index (κ2) is 4.28. The first-order chi connectivity index (χ1) is 7.66. The number of nitrogens with two attached hydrogens (primary N) is 1. The minimum absolute atomic E-state index is 0.182. The number of aromatic amines is 1. The van der Waals surface area contributed by atoms with Gasteiger partial charge in [-0.15, -0.1) is 0 Å². The van der Waals surface area contributed by atoms with Crippen LogP contribution in [0.15, 0.2) is 40.6 Å². The van der Waals surface area contributed by atoms with Gasteiger partial charge in [-0.1, -0.05) is 0 Å². The third-order valence-corrected chi connectivity index (χ3v) is 2.94. The Bertz CT molecular complexity index is 511. The van der Waals surface area contributed by atoms with Gasteiger partial charge in [-0.05, 0) is 30.0 Å². The Morgan fingerprint density at radius 2 is 2.31 bits per heavy atom. The third-order valence-electron chi connectivity index (χ3n) is 1.94. The number of benzene rings is 1. The van der Waals surface area contributed by atoms with Crippen molar-refractivity contribution in [2.45, 2.75) is 10.1 Å². The van der Waals surface area contributed by atoms with Crippen LogP contribution in [0.2, 0.25) is 0 Å². The fourth-order valence-electron chi connectivity index (χ4n) is 1.19. The molecule has 2 rings (SSSR count). The van der Waals surface area contributed by atoms with Gasteiger partial charge in [0, 0.05) is 23.0 Å². The van der Waals surface area contributed by atoms with E-state index in [9.17, 15) is 4.79 Å². The Balaban J connectivity index is 2.26. The SMILES string of the molecule is Nc1cc(C(=O)O)ccc1Sc1ncc[nH]1. The van der Waals surface area contributed by atoms with Crippen molar-refractivity contribution in [2.24, 2.45) is 0 Å². The number of nitrogens with one attached hydrogen (secondary N) is 1. The molecule has 0 atom stereocenters. The molecule has 82 valence electrons. The quantitative estimate of drug-likeness (QED) is 0.706. The van der Waals surface area contributed by atoms with Crippen molar-refractivity contribution >= 4 is 23.4 Å². The highest BCUT2D eigenvalue weighted by molar-refractivity contribution is 7.99. The van der Waals surface area contributed by atoms with Crippen molar-refractivity contribution in [2.75, 3.05) is 5.73 Å². The number of anilines is 1. The monoisotopic (exact) mass is 235 g/mol. The summed E-state index contributed by atoms with van der Waals surface area (Å²) in [5, 5.41) is 9.49. The number of carbonyl (C=O) groups is 1. The van der Waals surface area contributed by atoms with Crippen LogP contribution in [0.4, 0.5) is 5.69 Å². The maximum absolute atomic E-state index is 10.7. The first-order valence-electron chi connectivity index (χ1n) is 4.47. The van der Waals surface area contributed by atoms with E-state index in [2.05, 4.69) is 9.97 Å². The number of H-pyrrole nitrogens is 1. The summed E-state index contributed by atoms with van der Waals surface area (Å²) in [5.74, 6) is -0.985. The lowest BCUT2D eigenvalue weighted by Crippen LogP contribution is -1.98. The molecule has 1 aromatic carbocycles. The Hall–Kier alpha value is -1.95. The summed E-state index contributed by atoms with van der Waals surface area (Å²) in [4.78, 5) is 18.5. The first-order valence-corrected chi connectivity index (χ1v) is 5.28. The predicted octanol–water partition coefficient (Wildman–Crippen LogP) is 1.84. The van der Waals surface area contributed by atoms with Gasteiger partial charge in [0.25, 0.3) is 0 Å². The highest BCUT2D eigenvalue weighted by Crippen LogP contribution is 2.30. The maximum Gasteiger partial charge on any atom is 0.335 e. The van der Waals surface area contributed by atoms with E-state index in [4.69, 9.17) is 10.8 Å². The average Bonchev–Trinajstić information content (AvgIpc) is 2.73. The van der Waals surface area contributed by atoms with Crippen LogP contribution >= 0.6 is 11.8 Å². The molecule has 16 heavy (non-hydrogen) atoms. The van der Waals surface area contributed by atoms with Crippen LogP contribution in [0.5, 0.6) is 0 Å². The Labute approximate surface area is 95.7 Å². The lowest BCUT2D eigenvalue weighted by Gasteiger charge is -2.04. The highest BCUT2D eigenvalue weighted by atomic mass is 32.2. The molecule has 1 aromatic heterocycles. The van der Waals surface area contributed by atoms with E-state index in [1.165, 1.54) is 23.9 Å². The zero-order valence-electron chi connectivity index (χ0n) is 8.18. The molecule has 0 unspecified atom stereocenters. The number of imidazole rings is 1. The van der Waals surface area contributed by atoms with E-state index in [1.54, 1.807) is 18.5 Å². The van der Waals surface area contributed by atoms with Gasteiger partial charge in [0.1, 0.15) is 0 Å². The Morgan fingerprint density at radius 3 is 2.88 bits per heavy atom. The molecular formula is C10H9N3O2S. The number of carboxylic acids is 1. The molecule has 0 saturated carbocycles. The van der Waals surface area contributed by atoms with Crippen LogP contribution in [0, 0.1) is 0 Å². The average molecular weight is 235 g/mol. The largest absolute Gasteiger partial charge is 0.478 e. The van der Waals surface area contributed by atoms with Gasteiger partial charge in [-0.25, -0.2) is 9.78 Å². The Kier molecular flexibility index (Phi) is 2.82. The number of hydrogen-bond donors (Lipinski definition) is 3. The molecule has 0 saturated heterocycles. The third kappa shape index (κ3) is 2.17. The summed E-state index contributed by atoms with van der Waals surface area (Å²) in [7, 11) is 0. The van der Waals surface area contributed by atoms with E-state index in [0.717, 1.165) is 10.1 Å². The normalized spacial score (nSPS) is 10.2. The molecule has 0 bridgehead atoms. The molecule has 0 aliphatic carbocycles. The number of aromatic carboxylic acids is 1. The Morgan fingerprint density at radius 1 is 1.50 bits per heavy atom. The van der Waals surface area contributed by atoms with Gasteiger partial charge in [0.05, 0.1) is 5.56 Å². The zero-order valence-corrected chi connectivity index (χ0v) is 8.99. The molecule has 5 nitrogen and oxygen atoms in total. The summed E-state index contributed by atoms with van der Waals surface area (Å²) in [6, 6.07) is 4.63. The minimum Gasteiger partial charge on any atom is -0.478 e. The van der Waals surface area contributed by atoms with Crippen molar-refractivity contribution in [1.82, 2.24) is 9.97 Å². The fraction of sp³-hybridized carbons (Fsp3) is 0. The molecule has 0 fully saturated rings. The second-order valence-corrected chi connectivity index (χ2v) is 4.08. The topological polar surface area (TPSA) is 92.0 Å². The van der Waals surface area contributed by atoms with Gasteiger partial charge < -0.3 is 15.8 Å². The number of nitrogens with zero attached hydrogens (tertiary/aromatic N) is 1. The smallest absolute Gasteiger partial charge is 0.335 e. The predicted molar refractivity (Wildman–Crippen MR) is 60.5 cm³/mol. The molecule has 6 heteroatoms. The van der Waals surface area contributed by atoms with Gasteiger partial charge in [0.15, 0.2) is 5.16 Å². The fourth-order valence-corrected chi connectivity index (χ4v) is 1.95. The van der Waals surface area contributed by atoms with Gasteiger partial charge >= 0.3 is 5.97 Å². The molecule has 0 aliphatic heterocycles. The van der Waals surface area contributed by atoms with Crippen LogP contribution in [0.25, 0.3) is 0 Å². The molecular weight excluding hydrogens is 226 g/mol. The summed E-state index contributed by atoms with van der Waals surface area (Å²) in [5.41, 5.74) is 6.36. The number of rotatable bonds is 3. The molecule has 4 N–H and O–H groups in total. The number of aromatic nitrogens is 2. The lowest BCUT2D eigenvalue weighted by molar-refractivity contribution is 0.0697. The van der Waals surface area contributed by atoms with E-state index in [1.807, 2.05) is 0 Å². The summed E-state index contributed by atoms with van der Waals surface area (Å²) in [6.07, 6.45) is 3.36. The molecule has 2 aromatic rings. The van der Waals surface area contributed by atoms with Crippen LogP contribution < -0.4 is 5.73 Å². The van der Waals surface area contributed by atoms with Gasteiger partial charge in [0.2, 0.25) is 0 Å². The van der Waals surface area contributed by atoms with Crippen molar-refractivity contribution in [1.29, 1.82) is 0 Å². The van der Waals surface area contributed by atoms with Gasteiger partial charge in [-0.3, -0.25) is 0 Å². The molecule has 0 amide bonds. The molecule has 0 aliphatic rings. The van der Waals surface area contributed by atoms with Crippen molar-refractivity contribution in [3.05, 3.63) is 36.2 Å². The van der Waals surface area contributed by atoms with Crippen molar-refractivity contribution < 1.29 is 9.90 Å². The first kappa shape index (κ1) is 10.6. The standard InChI is InChI=1S/C10H9N3O2S/c11-7-5-6(9(14)15)1-2-8(7)16-10-12-3-4-13-10/h1-5H,11H2,(H,12,13)(H,14,15). The minimum atomic E-state index is -0.985. The van der Waals surface area contributed by atoms with E-state index < -0.39 is 5.97 Å². The van der Waals surface area contributed by atoms with Gasteiger partial charge in [-0.2, -0.15) is 0 Å². The van der Waals surface area contributed by atoms with E-state index >= 15 is 0 Å². The number of carboxylic acid groups (broad SMARTS) is 1. The van der Waals surface area contributed by atoms with E-state index in [0.29, 0.717) is 5.69 Å². The lowest BCUT2D eigenvalue weighted by atomic mass is 10.2. The summed E-state index contributed by atoms with van der Waals surface area (Å²) >= 11 is 1.36. The van der Waals surface area contributed by atoms with Crippen LogP contribution in [-0.2, 0) is 0 Å². The van der Waals surface area contributed by atoms with Crippen LogP contribution in [0.1, 0.15) is 10.4 Å².